The highest BCUT2D eigenvalue weighted by Crippen LogP contribution is 2.18. The van der Waals surface area contributed by atoms with Crippen molar-refractivity contribution in [2.45, 2.75) is 31.2 Å². The van der Waals surface area contributed by atoms with Crippen molar-refractivity contribution in [1.29, 1.82) is 0 Å². The lowest BCUT2D eigenvalue weighted by atomic mass is 10.1. The average Bonchev–Trinajstić information content (AvgIpc) is 2.71. The fraction of sp³-hybridized carbons (Fsp3) is 0.350. The number of nitrogens with one attached hydrogen (secondary N) is 2. The Morgan fingerprint density at radius 1 is 1.04 bits per heavy atom. The summed E-state index contributed by atoms with van der Waals surface area (Å²) in [7, 11) is -1.92. The minimum absolute atomic E-state index is 0.158. The SMILES string of the molecule is CCCNS(=O)(=O)c1ccc(OCC(=O)NC(C)c2ccc(OC)cc2)cc1. The molecule has 1 amide bonds. The van der Waals surface area contributed by atoms with E-state index in [4.69, 9.17) is 9.47 Å². The van der Waals surface area contributed by atoms with Crippen LogP contribution in [0.3, 0.4) is 0 Å². The predicted molar refractivity (Wildman–Crippen MR) is 107 cm³/mol. The van der Waals surface area contributed by atoms with E-state index < -0.39 is 10.0 Å². The highest BCUT2D eigenvalue weighted by Gasteiger charge is 2.14. The molecule has 0 spiro atoms. The Morgan fingerprint density at radius 2 is 1.64 bits per heavy atom. The van der Waals surface area contributed by atoms with Gasteiger partial charge in [-0.3, -0.25) is 4.79 Å². The van der Waals surface area contributed by atoms with Crippen LogP contribution in [0.5, 0.6) is 11.5 Å². The maximum absolute atomic E-state index is 12.1. The first-order valence-corrected chi connectivity index (χ1v) is 10.5. The Bertz CT molecular complexity index is 864. The van der Waals surface area contributed by atoms with Gasteiger partial charge in [0.25, 0.3) is 5.91 Å². The summed E-state index contributed by atoms with van der Waals surface area (Å²) in [5.41, 5.74) is 0.947. The Morgan fingerprint density at radius 3 is 2.21 bits per heavy atom. The number of ether oxygens (including phenoxy) is 2. The van der Waals surface area contributed by atoms with Crippen molar-refractivity contribution in [1.82, 2.24) is 10.0 Å². The lowest BCUT2D eigenvalue weighted by Gasteiger charge is -2.15. The summed E-state index contributed by atoms with van der Waals surface area (Å²) < 4.78 is 37.1. The first kappa shape index (κ1) is 21.7. The van der Waals surface area contributed by atoms with E-state index in [1.165, 1.54) is 24.3 Å². The van der Waals surface area contributed by atoms with Crippen LogP contribution in [-0.2, 0) is 14.8 Å². The molecule has 0 bridgehead atoms. The van der Waals surface area contributed by atoms with E-state index in [0.717, 1.165) is 11.3 Å². The molecule has 0 radical (unpaired) electrons. The molecule has 0 aliphatic heterocycles. The zero-order valence-corrected chi connectivity index (χ0v) is 17.1. The van der Waals surface area contributed by atoms with Crippen molar-refractivity contribution in [3.63, 3.8) is 0 Å². The number of methoxy groups -OCH3 is 1. The van der Waals surface area contributed by atoms with Crippen molar-refractivity contribution in [2.75, 3.05) is 20.3 Å². The average molecular weight is 407 g/mol. The summed E-state index contributed by atoms with van der Waals surface area (Å²) in [5.74, 6) is 0.896. The zero-order chi connectivity index (χ0) is 20.6. The minimum atomic E-state index is -3.52. The standard InChI is InChI=1S/C20H26N2O5S/c1-4-13-21-28(24,25)19-11-9-18(10-12-19)27-14-20(23)22-15(2)16-5-7-17(26-3)8-6-16/h5-12,15,21H,4,13-14H2,1-3H3,(H,22,23). The molecule has 0 aliphatic carbocycles. The topological polar surface area (TPSA) is 93.7 Å². The molecule has 8 heteroatoms. The maximum Gasteiger partial charge on any atom is 0.258 e. The van der Waals surface area contributed by atoms with Crippen LogP contribution < -0.4 is 19.5 Å². The summed E-state index contributed by atoms with van der Waals surface area (Å²) in [6, 6.07) is 13.2. The Labute approximate surface area is 166 Å². The van der Waals surface area contributed by atoms with E-state index >= 15 is 0 Å². The van der Waals surface area contributed by atoms with E-state index in [1.807, 2.05) is 38.1 Å². The van der Waals surface area contributed by atoms with Gasteiger partial charge in [-0.2, -0.15) is 0 Å². The second kappa shape index (κ2) is 10.1. The van der Waals surface area contributed by atoms with Gasteiger partial charge in [-0.15, -0.1) is 0 Å². The van der Waals surface area contributed by atoms with E-state index in [1.54, 1.807) is 7.11 Å². The van der Waals surface area contributed by atoms with Crippen LogP contribution in [0, 0.1) is 0 Å². The molecule has 0 aromatic heterocycles. The Balaban J connectivity index is 1.86. The Hall–Kier alpha value is -2.58. The molecule has 0 saturated heterocycles. The number of benzene rings is 2. The highest BCUT2D eigenvalue weighted by molar-refractivity contribution is 7.89. The number of carbonyl (C=O) groups is 1. The normalized spacial score (nSPS) is 12.2. The van der Waals surface area contributed by atoms with Gasteiger partial charge >= 0.3 is 0 Å². The lowest BCUT2D eigenvalue weighted by molar-refractivity contribution is -0.123. The smallest absolute Gasteiger partial charge is 0.258 e. The number of sulfonamides is 1. The number of hydrogen-bond acceptors (Lipinski definition) is 5. The molecular formula is C20H26N2O5S. The summed E-state index contributed by atoms with van der Waals surface area (Å²) >= 11 is 0. The van der Waals surface area contributed by atoms with Crippen molar-refractivity contribution < 1.29 is 22.7 Å². The van der Waals surface area contributed by atoms with Gasteiger partial charge in [-0.1, -0.05) is 19.1 Å². The van der Waals surface area contributed by atoms with Gasteiger partial charge in [0.2, 0.25) is 10.0 Å². The van der Waals surface area contributed by atoms with Crippen LogP contribution in [0.25, 0.3) is 0 Å². The Kier molecular flexibility index (Phi) is 7.83. The minimum Gasteiger partial charge on any atom is -0.497 e. The quantitative estimate of drug-likeness (QED) is 0.633. The molecule has 2 aromatic carbocycles. The molecule has 28 heavy (non-hydrogen) atoms. The summed E-state index contributed by atoms with van der Waals surface area (Å²) in [5, 5.41) is 2.85. The second-order valence-electron chi connectivity index (χ2n) is 6.22. The van der Waals surface area contributed by atoms with Gasteiger partial charge in [-0.05, 0) is 55.3 Å². The molecular weight excluding hydrogens is 380 g/mol. The number of hydrogen-bond donors (Lipinski definition) is 2. The molecule has 2 aromatic rings. The van der Waals surface area contributed by atoms with E-state index in [-0.39, 0.29) is 23.5 Å². The third-order valence-electron chi connectivity index (χ3n) is 4.04. The van der Waals surface area contributed by atoms with Gasteiger partial charge < -0.3 is 14.8 Å². The molecule has 0 fully saturated rings. The van der Waals surface area contributed by atoms with Crippen molar-refractivity contribution in [3.8, 4) is 11.5 Å². The predicted octanol–water partition coefficient (Wildman–Crippen LogP) is 2.64. The van der Waals surface area contributed by atoms with Gasteiger partial charge in [-0.25, -0.2) is 13.1 Å². The third kappa shape index (κ3) is 6.24. The molecule has 0 saturated carbocycles. The first-order valence-electron chi connectivity index (χ1n) is 9.01. The van der Waals surface area contributed by atoms with Crippen LogP contribution in [0.4, 0.5) is 0 Å². The van der Waals surface area contributed by atoms with Crippen LogP contribution in [0.15, 0.2) is 53.4 Å². The molecule has 1 unspecified atom stereocenters. The van der Waals surface area contributed by atoms with E-state index in [2.05, 4.69) is 10.0 Å². The van der Waals surface area contributed by atoms with E-state index in [9.17, 15) is 13.2 Å². The van der Waals surface area contributed by atoms with Gasteiger partial charge in [0.05, 0.1) is 18.0 Å². The second-order valence-corrected chi connectivity index (χ2v) is 7.99. The molecule has 1 atom stereocenters. The summed E-state index contributed by atoms with van der Waals surface area (Å²) in [6.07, 6.45) is 0.713. The zero-order valence-electron chi connectivity index (χ0n) is 16.3. The van der Waals surface area contributed by atoms with Gasteiger partial charge in [0, 0.05) is 6.54 Å². The van der Waals surface area contributed by atoms with Crippen LogP contribution in [-0.4, -0.2) is 34.6 Å². The van der Waals surface area contributed by atoms with Crippen LogP contribution >= 0.6 is 0 Å². The van der Waals surface area contributed by atoms with E-state index in [0.29, 0.717) is 18.7 Å². The third-order valence-corrected chi connectivity index (χ3v) is 5.52. The first-order chi connectivity index (χ1) is 13.4. The summed E-state index contributed by atoms with van der Waals surface area (Å²) in [6.45, 7) is 3.98. The largest absolute Gasteiger partial charge is 0.497 e. The molecule has 0 aliphatic rings. The molecule has 2 N–H and O–H groups in total. The van der Waals surface area contributed by atoms with Crippen molar-refractivity contribution >= 4 is 15.9 Å². The van der Waals surface area contributed by atoms with Crippen molar-refractivity contribution in [2.24, 2.45) is 0 Å². The van der Waals surface area contributed by atoms with Crippen LogP contribution in [0.2, 0.25) is 0 Å². The fourth-order valence-corrected chi connectivity index (χ4v) is 3.58. The summed E-state index contributed by atoms with van der Waals surface area (Å²) in [4.78, 5) is 12.3. The molecule has 0 heterocycles. The lowest BCUT2D eigenvalue weighted by Crippen LogP contribution is -2.31. The van der Waals surface area contributed by atoms with Crippen molar-refractivity contribution in [3.05, 3.63) is 54.1 Å². The number of rotatable bonds is 10. The van der Waals surface area contributed by atoms with Gasteiger partial charge in [0.1, 0.15) is 11.5 Å². The highest BCUT2D eigenvalue weighted by atomic mass is 32.2. The molecule has 152 valence electrons. The molecule has 2 rings (SSSR count). The molecule has 7 nitrogen and oxygen atoms in total. The number of amides is 1. The fourth-order valence-electron chi connectivity index (χ4n) is 2.44. The van der Waals surface area contributed by atoms with Gasteiger partial charge in [0.15, 0.2) is 6.61 Å². The van der Waals surface area contributed by atoms with Crippen LogP contribution in [0.1, 0.15) is 31.9 Å². The maximum atomic E-state index is 12.1. The number of carbonyl (C=O) groups excluding carboxylic acids is 1. The monoisotopic (exact) mass is 406 g/mol.